The second-order valence-corrected chi connectivity index (χ2v) is 3.58. The molecular formula is C12H26BaO4. The van der Waals surface area contributed by atoms with Crippen molar-refractivity contribution in [3.05, 3.63) is 0 Å². The maximum atomic E-state index is 10.2. The van der Waals surface area contributed by atoms with E-state index < -0.39 is 12.6 Å². The summed E-state index contributed by atoms with van der Waals surface area (Å²) in [6, 6.07) is 0. The molecule has 0 bridgehead atoms. The number of rotatable bonds is 8. The standard InChI is InChI=1S/2C6H13O2.Ba/c2*1-3-4-5-8-6(2)7;/h2*6H,3-5H2,1-2H3;/q2*-1;+2. The average molecular weight is 372 g/mol. The van der Waals surface area contributed by atoms with Crippen LogP contribution in [0.1, 0.15) is 53.4 Å². The minimum absolute atomic E-state index is 0. The van der Waals surface area contributed by atoms with Crippen LogP contribution in [0.2, 0.25) is 0 Å². The summed E-state index contributed by atoms with van der Waals surface area (Å²) < 4.78 is 9.45. The van der Waals surface area contributed by atoms with Crippen LogP contribution in [0.25, 0.3) is 0 Å². The van der Waals surface area contributed by atoms with Crippen molar-refractivity contribution in [2.24, 2.45) is 0 Å². The Bertz CT molecular complexity index is 107. The normalized spacial score (nSPS) is 13.1. The number of hydrogen-bond donors (Lipinski definition) is 0. The fourth-order valence-electron chi connectivity index (χ4n) is 0.787. The van der Waals surface area contributed by atoms with Crippen LogP contribution in [0.3, 0.4) is 0 Å². The monoisotopic (exact) mass is 372 g/mol. The minimum atomic E-state index is -0.846. The number of unbranched alkanes of at least 4 members (excludes halogenated alkanes) is 2. The van der Waals surface area contributed by atoms with Crippen LogP contribution >= 0.6 is 0 Å². The third-order valence-corrected chi connectivity index (χ3v) is 1.70. The van der Waals surface area contributed by atoms with Gasteiger partial charge in [0.1, 0.15) is 0 Å². The van der Waals surface area contributed by atoms with E-state index >= 15 is 0 Å². The van der Waals surface area contributed by atoms with E-state index in [1.165, 1.54) is 13.8 Å². The fraction of sp³-hybridized carbons (Fsp3) is 1.00. The van der Waals surface area contributed by atoms with Gasteiger partial charge >= 0.3 is 48.9 Å². The summed E-state index contributed by atoms with van der Waals surface area (Å²) in [5, 5.41) is 20.4. The Balaban J connectivity index is -0.000000218. The Hall–Kier alpha value is 1.41. The molecule has 0 N–H and O–H groups in total. The minimum Gasteiger partial charge on any atom is -0.831 e. The first-order valence-corrected chi connectivity index (χ1v) is 6.09. The zero-order chi connectivity index (χ0) is 12.8. The molecule has 0 aliphatic rings. The van der Waals surface area contributed by atoms with Gasteiger partial charge in [0.25, 0.3) is 0 Å². The van der Waals surface area contributed by atoms with Gasteiger partial charge in [-0.1, -0.05) is 40.5 Å². The first-order valence-electron chi connectivity index (χ1n) is 6.09. The molecule has 0 saturated heterocycles. The van der Waals surface area contributed by atoms with Crippen molar-refractivity contribution >= 4 is 48.9 Å². The van der Waals surface area contributed by atoms with Crippen molar-refractivity contribution in [1.29, 1.82) is 0 Å². The first kappa shape index (κ1) is 23.5. The van der Waals surface area contributed by atoms with E-state index in [0.717, 1.165) is 25.7 Å². The van der Waals surface area contributed by atoms with Gasteiger partial charge in [-0.3, -0.25) is 0 Å². The van der Waals surface area contributed by atoms with E-state index in [1.807, 2.05) is 0 Å². The van der Waals surface area contributed by atoms with Gasteiger partial charge in [-0.25, -0.2) is 0 Å². The molecule has 17 heavy (non-hydrogen) atoms. The third kappa shape index (κ3) is 31.8. The van der Waals surface area contributed by atoms with Gasteiger partial charge in [0.15, 0.2) is 0 Å². The molecule has 0 fully saturated rings. The maximum absolute atomic E-state index is 10.2. The summed E-state index contributed by atoms with van der Waals surface area (Å²) in [5.74, 6) is 0. The smallest absolute Gasteiger partial charge is 0.831 e. The summed E-state index contributed by atoms with van der Waals surface area (Å²) in [5.41, 5.74) is 0. The summed E-state index contributed by atoms with van der Waals surface area (Å²) in [7, 11) is 0. The van der Waals surface area contributed by atoms with Crippen molar-refractivity contribution in [2.45, 2.75) is 66.0 Å². The van der Waals surface area contributed by atoms with E-state index in [0.29, 0.717) is 13.2 Å². The van der Waals surface area contributed by atoms with Gasteiger partial charge in [0.05, 0.1) is 0 Å². The first-order chi connectivity index (χ1) is 7.54. The average Bonchev–Trinajstić information content (AvgIpc) is 2.18. The van der Waals surface area contributed by atoms with Gasteiger partial charge in [-0.2, -0.15) is 0 Å². The van der Waals surface area contributed by atoms with Crippen molar-refractivity contribution < 1.29 is 19.7 Å². The zero-order valence-electron chi connectivity index (χ0n) is 11.7. The van der Waals surface area contributed by atoms with Crippen molar-refractivity contribution in [2.75, 3.05) is 13.2 Å². The molecule has 0 saturated carbocycles. The van der Waals surface area contributed by atoms with Gasteiger partial charge < -0.3 is 19.7 Å². The van der Waals surface area contributed by atoms with Crippen molar-refractivity contribution in [3.8, 4) is 0 Å². The molecule has 0 heterocycles. The summed E-state index contributed by atoms with van der Waals surface area (Å²) in [6.07, 6.45) is 2.47. The topological polar surface area (TPSA) is 64.6 Å². The molecule has 0 aliphatic carbocycles. The molecule has 5 heteroatoms. The van der Waals surface area contributed by atoms with Gasteiger partial charge in [0, 0.05) is 13.2 Å². The van der Waals surface area contributed by atoms with Crippen LogP contribution < -0.4 is 10.2 Å². The summed E-state index contributed by atoms with van der Waals surface area (Å²) >= 11 is 0. The Labute approximate surface area is 146 Å². The SMILES string of the molecule is CCCCOC(C)[O-].CCCCOC(C)[O-].[Ba+2]. The Kier molecular flexibility index (Phi) is 27.3. The predicted molar refractivity (Wildman–Crippen MR) is 66.4 cm³/mol. The van der Waals surface area contributed by atoms with Crippen LogP contribution in [0.15, 0.2) is 0 Å². The largest absolute Gasteiger partial charge is 2.00 e. The molecule has 100 valence electrons. The molecule has 0 spiro atoms. The maximum Gasteiger partial charge on any atom is 2.00 e. The quantitative estimate of drug-likeness (QED) is 0.357. The van der Waals surface area contributed by atoms with Crippen LogP contribution in [-0.2, 0) is 9.47 Å². The molecule has 0 radical (unpaired) electrons. The van der Waals surface area contributed by atoms with Crippen LogP contribution in [0, 0.1) is 0 Å². The van der Waals surface area contributed by atoms with Gasteiger partial charge in [-0.05, 0) is 25.4 Å². The number of hydrogen-bond acceptors (Lipinski definition) is 4. The third-order valence-electron chi connectivity index (χ3n) is 1.70. The second-order valence-electron chi connectivity index (χ2n) is 3.58. The van der Waals surface area contributed by atoms with E-state index in [9.17, 15) is 10.2 Å². The fourth-order valence-corrected chi connectivity index (χ4v) is 0.787. The summed E-state index contributed by atoms with van der Waals surface area (Å²) in [4.78, 5) is 0. The zero-order valence-corrected chi connectivity index (χ0v) is 16.2. The molecule has 0 amide bonds. The Morgan fingerprint density at radius 1 is 0.824 bits per heavy atom. The molecule has 0 rings (SSSR count). The van der Waals surface area contributed by atoms with Crippen LogP contribution in [0.5, 0.6) is 0 Å². The van der Waals surface area contributed by atoms with E-state index in [2.05, 4.69) is 13.8 Å². The molecule has 2 atom stereocenters. The predicted octanol–water partition coefficient (Wildman–Crippen LogP) is 0.638. The molecule has 4 nitrogen and oxygen atoms in total. The molecule has 0 aliphatic heterocycles. The molecule has 0 aromatic rings. The van der Waals surface area contributed by atoms with E-state index in [-0.39, 0.29) is 48.9 Å². The molecule has 2 unspecified atom stereocenters. The molecule has 0 aromatic heterocycles. The van der Waals surface area contributed by atoms with E-state index in [1.54, 1.807) is 0 Å². The molecule has 0 aromatic carbocycles. The van der Waals surface area contributed by atoms with Crippen LogP contribution in [0.4, 0.5) is 0 Å². The van der Waals surface area contributed by atoms with Gasteiger partial charge in [-0.15, -0.1) is 0 Å². The Morgan fingerprint density at radius 2 is 1.12 bits per heavy atom. The number of ether oxygens (including phenoxy) is 2. The summed E-state index contributed by atoms with van der Waals surface area (Å²) in [6.45, 7) is 8.38. The second kappa shape index (κ2) is 19.7. The van der Waals surface area contributed by atoms with Crippen molar-refractivity contribution in [1.82, 2.24) is 0 Å². The van der Waals surface area contributed by atoms with E-state index in [4.69, 9.17) is 9.47 Å². The van der Waals surface area contributed by atoms with Gasteiger partial charge in [0.2, 0.25) is 0 Å². The van der Waals surface area contributed by atoms with Crippen LogP contribution in [-0.4, -0.2) is 74.7 Å². The van der Waals surface area contributed by atoms with Crippen molar-refractivity contribution in [3.63, 3.8) is 0 Å². The molecular weight excluding hydrogens is 345 g/mol. The Morgan fingerprint density at radius 3 is 1.29 bits per heavy atom.